The smallest absolute Gasteiger partial charge is 0.252 e. The van der Waals surface area contributed by atoms with E-state index in [4.69, 9.17) is 0 Å². The second kappa shape index (κ2) is 6.32. The Morgan fingerprint density at radius 1 is 1.44 bits per heavy atom. The van der Waals surface area contributed by atoms with E-state index in [9.17, 15) is 4.79 Å². The maximum atomic E-state index is 12.0. The van der Waals surface area contributed by atoms with E-state index in [-0.39, 0.29) is 5.91 Å². The molecule has 1 amide bonds. The topological polar surface area (TPSA) is 42.0 Å². The second-order valence-electron chi connectivity index (χ2n) is 5.02. The molecule has 98 valence electrons. The van der Waals surface area contributed by atoms with Crippen LogP contribution < -0.4 is 5.32 Å². The van der Waals surface area contributed by atoms with Gasteiger partial charge in [0.15, 0.2) is 0 Å². The Morgan fingerprint density at radius 2 is 2.22 bits per heavy atom. The van der Waals surface area contributed by atoms with Crippen LogP contribution in [0.15, 0.2) is 18.5 Å². The van der Waals surface area contributed by atoms with E-state index in [2.05, 4.69) is 26.2 Å². The van der Waals surface area contributed by atoms with Crippen LogP contribution in [0.25, 0.3) is 0 Å². The summed E-state index contributed by atoms with van der Waals surface area (Å²) >= 11 is 3.71. The maximum absolute atomic E-state index is 12.0. The first kappa shape index (κ1) is 13.5. The van der Waals surface area contributed by atoms with Crippen molar-refractivity contribution in [2.45, 2.75) is 37.4 Å². The molecule has 1 N–H and O–H groups in total. The number of carbonyl (C=O) groups excluding carboxylic acids is 1. The lowest BCUT2D eigenvalue weighted by atomic mass is 9.89. The molecular formula is C14H19BrN2O. The first-order chi connectivity index (χ1) is 8.66. The highest BCUT2D eigenvalue weighted by atomic mass is 79.9. The minimum absolute atomic E-state index is 0.0172. The summed E-state index contributed by atoms with van der Waals surface area (Å²) in [4.78, 5) is 16.6. The number of halogens is 1. The van der Waals surface area contributed by atoms with Crippen molar-refractivity contribution >= 4 is 21.8 Å². The fourth-order valence-electron chi connectivity index (χ4n) is 2.40. The van der Waals surface area contributed by atoms with Gasteiger partial charge < -0.3 is 5.32 Å². The lowest BCUT2D eigenvalue weighted by Gasteiger charge is -2.27. The molecule has 4 heteroatoms. The van der Waals surface area contributed by atoms with Crippen molar-refractivity contribution in [1.29, 1.82) is 0 Å². The molecule has 2 unspecified atom stereocenters. The number of carbonyl (C=O) groups is 1. The van der Waals surface area contributed by atoms with Gasteiger partial charge in [0.1, 0.15) is 0 Å². The number of amides is 1. The number of nitrogens with zero attached hydrogens (tertiary/aromatic N) is 1. The van der Waals surface area contributed by atoms with Gasteiger partial charge in [-0.1, -0.05) is 28.8 Å². The van der Waals surface area contributed by atoms with Crippen molar-refractivity contribution < 1.29 is 4.79 Å². The zero-order valence-electron chi connectivity index (χ0n) is 10.7. The van der Waals surface area contributed by atoms with Crippen molar-refractivity contribution in [3.8, 4) is 0 Å². The average Bonchev–Trinajstić information content (AvgIpc) is 2.37. The number of hydrogen-bond acceptors (Lipinski definition) is 2. The summed E-state index contributed by atoms with van der Waals surface area (Å²) in [5, 5.41) is 3.02. The Labute approximate surface area is 117 Å². The Morgan fingerprint density at radius 3 is 2.94 bits per heavy atom. The normalized spacial score (nSPS) is 23.7. The summed E-state index contributed by atoms with van der Waals surface area (Å²) in [5.74, 6) is 0.539. The fraction of sp³-hybridized carbons (Fsp3) is 0.571. The standard InChI is InChI=1S/C14H19BrN2O/c1-10-6-12(8-16-7-10)14(18)17-9-11-4-2-3-5-13(11)15/h6-8,11,13H,2-5,9H2,1H3,(H,17,18). The number of aromatic nitrogens is 1. The maximum Gasteiger partial charge on any atom is 0.252 e. The van der Waals surface area contributed by atoms with E-state index in [0.717, 1.165) is 12.1 Å². The van der Waals surface area contributed by atoms with Crippen molar-refractivity contribution in [1.82, 2.24) is 10.3 Å². The van der Waals surface area contributed by atoms with Gasteiger partial charge in [-0.05, 0) is 37.3 Å². The predicted octanol–water partition coefficient (Wildman–Crippen LogP) is 3.07. The van der Waals surface area contributed by atoms with Gasteiger partial charge in [-0.25, -0.2) is 0 Å². The molecule has 1 aliphatic carbocycles. The first-order valence-corrected chi connectivity index (χ1v) is 7.42. The third-order valence-corrected chi connectivity index (χ3v) is 4.68. The molecule has 3 nitrogen and oxygen atoms in total. The van der Waals surface area contributed by atoms with Crippen LogP contribution in [0.1, 0.15) is 41.6 Å². The quantitative estimate of drug-likeness (QED) is 0.872. The number of alkyl halides is 1. The fourth-order valence-corrected chi connectivity index (χ4v) is 3.17. The number of pyridine rings is 1. The van der Waals surface area contributed by atoms with Crippen molar-refractivity contribution in [2.24, 2.45) is 5.92 Å². The zero-order chi connectivity index (χ0) is 13.0. The molecule has 2 rings (SSSR count). The number of rotatable bonds is 3. The van der Waals surface area contributed by atoms with E-state index < -0.39 is 0 Å². The van der Waals surface area contributed by atoms with E-state index >= 15 is 0 Å². The van der Waals surface area contributed by atoms with Crippen molar-refractivity contribution in [3.05, 3.63) is 29.6 Å². The summed E-state index contributed by atoms with van der Waals surface area (Å²) in [7, 11) is 0. The largest absolute Gasteiger partial charge is 0.352 e. The first-order valence-electron chi connectivity index (χ1n) is 6.51. The molecule has 0 saturated heterocycles. The van der Waals surface area contributed by atoms with Gasteiger partial charge in [0.25, 0.3) is 5.91 Å². The van der Waals surface area contributed by atoms with Crippen LogP contribution in [0.5, 0.6) is 0 Å². The number of hydrogen-bond donors (Lipinski definition) is 1. The van der Waals surface area contributed by atoms with Gasteiger partial charge in [-0.3, -0.25) is 9.78 Å². The molecule has 0 aliphatic heterocycles. The lowest BCUT2D eigenvalue weighted by Crippen LogP contribution is -2.34. The molecule has 0 spiro atoms. The highest BCUT2D eigenvalue weighted by Crippen LogP contribution is 2.29. The van der Waals surface area contributed by atoms with E-state index in [1.165, 1.54) is 25.7 Å². The van der Waals surface area contributed by atoms with Gasteiger partial charge in [0.05, 0.1) is 5.56 Å². The van der Waals surface area contributed by atoms with Crippen LogP contribution in [0.2, 0.25) is 0 Å². The number of nitrogens with one attached hydrogen (secondary N) is 1. The monoisotopic (exact) mass is 310 g/mol. The Kier molecular flexibility index (Phi) is 4.75. The molecule has 1 aliphatic rings. The summed E-state index contributed by atoms with van der Waals surface area (Å²) in [6.45, 7) is 2.70. The minimum atomic E-state index is -0.0172. The van der Waals surface area contributed by atoms with E-state index in [1.54, 1.807) is 12.4 Å². The Hall–Kier alpha value is -0.900. The highest BCUT2D eigenvalue weighted by Gasteiger charge is 2.23. The van der Waals surface area contributed by atoms with Crippen molar-refractivity contribution in [3.63, 3.8) is 0 Å². The van der Waals surface area contributed by atoms with Crippen LogP contribution in [0.3, 0.4) is 0 Å². The molecular weight excluding hydrogens is 292 g/mol. The Balaban J connectivity index is 1.88. The third-order valence-electron chi connectivity index (χ3n) is 3.48. The van der Waals surface area contributed by atoms with Crippen LogP contribution in [-0.4, -0.2) is 22.3 Å². The predicted molar refractivity (Wildman–Crippen MR) is 76.0 cm³/mol. The molecule has 1 fully saturated rings. The van der Waals surface area contributed by atoms with Gasteiger partial charge >= 0.3 is 0 Å². The molecule has 0 radical (unpaired) electrons. The second-order valence-corrected chi connectivity index (χ2v) is 6.20. The molecule has 1 aromatic rings. The summed E-state index contributed by atoms with van der Waals surface area (Å²) in [6, 6.07) is 1.87. The summed E-state index contributed by atoms with van der Waals surface area (Å²) in [5.41, 5.74) is 1.66. The van der Waals surface area contributed by atoms with Gasteiger partial charge in [-0.2, -0.15) is 0 Å². The van der Waals surface area contributed by atoms with E-state index in [1.807, 2.05) is 13.0 Å². The van der Waals surface area contributed by atoms with Gasteiger partial charge in [0.2, 0.25) is 0 Å². The molecule has 2 atom stereocenters. The molecule has 0 bridgehead atoms. The molecule has 1 heterocycles. The SMILES string of the molecule is Cc1cncc(C(=O)NCC2CCCCC2Br)c1. The summed E-state index contributed by atoms with van der Waals surface area (Å²) < 4.78 is 0. The molecule has 18 heavy (non-hydrogen) atoms. The third kappa shape index (κ3) is 3.55. The van der Waals surface area contributed by atoms with Gasteiger partial charge in [-0.15, -0.1) is 0 Å². The van der Waals surface area contributed by atoms with E-state index in [0.29, 0.717) is 16.3 Å². The van der Waals surface area contributed by atoms with Crippen LogP contribution in [0, 0.1) is 12.8 Å². The average molecular weight is 311 g/mol. The highest BCUT2D eigenvalue weighted by molar-refractivity contribution is 9.09. The van der Waals surface area contributed by atoms with Crippen LogP contribution in [-0.2, 0) is 0 Å². The number of aryl methyl sites for hydroxylation is 1. The molecule has 1 saturated carbocycles. The zero-order valence-corrected chi connectivity index (χ0v) is 12.2. The van der Waals surface area contributed by atoms with Crippen LogP contribution in [0.4, 0.5) is 0 Å². The van der Waals surface area contributed by atoms with Crippen molar-refractivity contribution in [2.75, 3.05) is 6.54 Å². The van der Waals surface area contributed by atoms with Gasteiger partial charge in [0, 0.05) is 23.8 Å². The lowest BCUT2D eigenvalue weighted by molar-refractivity contribution is 0.0944. The van der Waals surface area contributed by atoms with Crippen LogP contribution >= 0.6 is 15.9 Å². The minimum Gasteiger partial charge on any atom is -0.352 e. The molecule has 0 aromatic carbocycles. The Bertz CT molecular complexity index is 422. The molecule has 1 aromatic heterocycles. The summed E-state index contributed by atoms with van der Waals surface area (Å²) in [6.07, 6.45) is 8.35.